The minimum atomic E-state index is -1.43. The quantitative estimate of drug-likeness (QED) is 0.0993. The number of nitrogens with one attached hydrogen (secondary N) is 4. The van der Waals surface area contributed by atoms with Crippen molar-refractivity contribution in [1.29, 1.82) is 0 Å². The van der Waals surface area contributed by atoms with Gasteiger partial charge in [-0.25, -0.2) is 0 Å². The molecule has 14 nitrogen and oxygen atoms in total. The molecule has 56 heavy (non-hydrogen) atoms. The van der Waals surface area contributed by atoms with E-state index in [9.17, 15) is 28.8 Å². The van der Waals surface area contributed by atoms with Gasteiger partial charge in [0, 0.05) is 38.9 Å². The third kappa shape index (κ3) is 13.8. The first-order chi connectivity index (χ1) is 26.8. The Morgan fingerprint density at radius 2 is 1.30 bits per heavy atom. The number of nitrogens with two attached hydrogens (primary N) is 2. The molecule has 1 heterocycles. The molecule has 3 aromatic rings. The van der Waals surface area contributed by atoms with Gasteiger partial charge in [-0.3, -0.25) is 28.8 Å². The molecular formula is C42H55N7O7. The highest BCUT2D eigenvalue weighted by Gasteiger charge is 2.32. The lowest BCUT2D eigenvalue weighted by Crippen LogP contribution is -2.59. The summed E-state index contributed by atoms with van der Waals surface area (Å²) in [5.74, 6) is -3.68. The summed E-state index contributed by atoms with van der Waals surface area (Å²) in [7, 11) is 0. The van der Waals surface area contributed by atoms with E-state index in [4.69, 9.17) is 16.2 Å². The van der Waals surface area contributed by atoms with E-state index >= 15 is 0 Å². The minimum absolute atomic E-state index is 0.0561. The predicted molar refractivity (Wildman–Crippen MR) is 212 cm³/mol. The monoisotopic (exact) mass is 769 g/mol. The van der Waals surface area contributed by atoms with Crippen molar-refractivity contribution < 1.29 is 33.5 Å². The van der Waals surface area contributed by atoms with Gasteiger partial charge in [-0.2, -0.15) is 0 Å². The lowest BCUT2D eigenvalue weighted by Gasteiger charge is -2.32. The molecule has 4 rings (SSSR count). The Morgan fingerprint density at radius 1 is 0.714 bits per heavy atom. The van der Waals surface area contributed by atoms with Crippen molar-refractivity contribution in [2.24, 2.45) is 17.4 Å². The van der Waals surface area contributed by atoms with Crippen LogP contribution in [0.4, 0.5) is 0 Å². The lowest BCUT2D eigenvalue weighted by molar-refractivity contribution is -0.135. The number of para-hydroxylation sites is 1. The molecule has 6 amide bonds. The largest absolute Gasteiger partial charge is 0.490 e. The Morgan fingerprint density at radius 3 is 1.91 bits per heavy atom. The molecule has 4 atom stereocenters. The van der Waals surface area contributed by atoms with Crippen LogP contribution >= 0.6 is 0 Å². The van der Waals surface area contributed by atoms with Crippen molar-refractivity contribution in [3.05, 3.63) is 102 Å². The van der Waals surface area contributed by atoms with E-state index in [1.165, 1.54) is 12.5 Å². The fourth-order valence-corrected chi connectivity index (χ4v) is 6.47. The molecule has 1 fully saturated rings. The van der Waals surface area contributed by atoms with E-state index in [1.807, 2.05) is 42.5 Å². The molecule has 1 saturated heterocycles. The number of carbonyl (C=O) groups excluding carboxylic acids is 6. The minimum Gasteiger partial charge on any atom is -0.490 e. The zero-order valence-corrected chi connectivity index (χ0v) is 32.4. The van der Waals surface area contributed by atoms with E-state index in [1.54, 1.807) is 38.1 Å². The zero-order chi connectivity index (χ0) is 40.6. The molecule has 1 aliphatic rings. The van der Waals surface area contributed by atoms with E-state index in [-0.39, 0.29) is 30.8 Å². The summed E-state index contributed by atoms with van der Waals surface area (Å²) in [4.78, 5) is 78.9. The molecule has 0 spiro atoms. The maximum atomic E-state index is 13.4. The van der Waals surface area contributed by atoms with Crippen LogP contribution in [0.2, 0.25) is 0 Å². The smallest absolute Gasteiger partial charge is 0.243 e. The number of ether oxygens (including phenoxy) is 1. The topological polar surface area (TPSA) is 215 Å². The van der Waals surface area contributed by atoms with Gasteiger partial charge in [-0.15, -0.1) is 0 Å². The van der Waals surface area contributed by atoms with E-state index in [2.05, 4.69) is 44.4 Å². The number of hydrogen-bond donors (Lipinski definition) is 6. The molecule has 300 valence electrons. The van der Waals surface area contributed by atoms with Crippen LogP contribution < -0.4 is 37.5 Å². The molecule has 0 saturated carbocycles. The van der Waals surface area contributed by atoms with Crippen LogP contribution in [0, 0.1) is 5.92 Å². The molecule has 8 N–H and O–H groups in total. The number of rotatable bonds is 20. The Bertz CT molecular complexity index is 1780. The van der Waals surface area contributed by atoms with Crippen molar-refractivity contribution in [3.63, 3.8) is 0 Å². The van der Waals surface area contributed by atoms with Gasteiger partial charge in [-0.1, -0.05) is 92.7 Å². The summed E-state index contributed by atoms with van der Waals surface area (Å²) < 4.78 is 6.44. The molecule has 14 heteroatoms. The van der Waals surface area contributed by atoms with Crippen LogP contribution in [-0.4, -0.2) is 90.2 Å². The van der Waals surface area contributed by atoms with Gasteiger partial charge in [0.2, 0.25) is 35.4 Å². The van der Waals surface area contributed by atoms with Crippen LogP contribution in [0.5, 0.6) is 5.75 Å². The van der Waals surface area contributed by atoms with Gasteiger partial charge in [0.15, 0.2) is 0 Å². The molecule has 0 aliphatic carbocycles. The number of primary amides is 2. The number of nitrogens with zero attached hydrogens (tertiary/aromatic N) is 1. The predicted octanol–water partition coefficient (Wildman–Crippen LogP) is 1.73. The maximum Gasteiger partial charge on any atom is 0.243 e. The Balaban J connectivity index is 1.24. The molecule has 0 bridgehead atoms. The van der Waals surface area contributed by atoms with Crippen molar-refractivity contribution in [3.8, 4) is 5.75 Å². The van der Waals surface area contributed by atoms with Gasteiger partial charge < -0.3 is 42.4 Å². The average molecular weight is 770 g/mol. The summed E-state index contributed by atoms with van der Waals surface area (Å²) in [5, 5.41) is 10.3. The fourth-order valence-electron chi connectivity index (χ4n) is 6.47. The molecule has 3 aromatic carbocycles. The summed E-state index contributed by atoms with van der Waals surface area (Å²) >= 11 is 0. The average Bonchev–Trinajstić information content (AvgIpc) is 3.17. The number of piperidine rings is 1. The number of carbonyl (C=O) groups is 6. The number of likely N-dealkylation sites (tertiary alicyclic amines) is 1. The molecule has 1 aliphatic heterocycles. The third-order valence-electron chi connectivity index (χ3n) is 9.69. The molecule has 0 radical (unpaired) electrons. The lowest BCUT2D eigenvalue weighted by atomic mass is 10.0. The first kappa shape index (κ1) is 43.0. The normalized spacial score (nSPS) is 15.4. The van der Waals surface area contributed by atoms with Crippen molar-refractivity contribution in [1.82, 2.24) is 26.2 Å². The SMILES string of the molecule is CC(C)[C@H](NC(=O)CCN1CCC(Oc2ccccc2Cc2ccccc2)CC1)C(=O)N[C@@H](CC(N)=O)C(=O)N[C@@H](C)C(=O)N[C@H](Cc1ccccc1)C(N)=O. The second kappa shape index (κ2) is 21.4. The Labute approximate surface area is 328 Å². The van der Waals surface area contributed by atoms with Crippen LogP contribution in [0.1, 0.15) is 63.1 Å². The van der Waals surface area contributed by atoms with Crippen LogP contribution in [-0.2, 0) is 41.6 Å². The van der Waals surface area contributed by atoms with Gasteiger partial charge in [0.1, 0.15) is 36.0 Å². The molecule has 0 unspecified atom stereocenters. The maximum absolute atomic E-state index is 13.4. The Hall–Kier alpha value is -5.76. The summed E-state index contributed by atoms with van der Waals surface area (Å²) in [6, 6.07) is 22.7. The highest BCUT2D eigenvalue weighted by molar-refractivity contribution is 5.97. The zero-order valence-electron chi connectivity index (χ0n) is 32.4. The van der Waals surface area contributed by atoms with Crippen molar-refractivity contribution >= 4 is 35.4 Å². The second-order valence-electron chi connectivity index (χ2n) is 14.6. The second-order valence-corrected chi connectivity index (χ2v) is 14.6. The van der Waals surface area contributed by atoms with E-state index in [0.717, 1.165) is 49.2 Å². The van der Waals surface area contributed by atoms with Crippen LogP contribution in [0.3, 0.4) is 0 Å². The van der Waals surface area contributed by atoms with Gasteiger partial charge in [-0.05, 0) is 48.4 Å². The van der Waals surface area contributed by atoms with Crippen molar-refractivity contribution in [2.45, 2.75) is 89.6 Å². The van der Waals surface area contributed by atoms with Gasteiger partial charge >= 0.3 is 0 Å². The van der Waals surface area contributed by atoms with Gasteiger partial charge in [0.05, 0.1) is 6.42 Å². The van der Waals surface area contributed by atoms with Crippen molar-refractivity contribution in [2.75, 3.05) is 19.6 Å². The van der Waals surface area contributed by atoms with Crippen LogP contribution in [0.25, 0.3) is 0 Å². The molecular weight excluding hydrogens is 715 g/mol. The Kier molecular flexibility index (Phi) is 16.4. The van der Waals surface area contributed by atoms with E-state index < -0.39 is 60.1 Å². The highest BCUT2D eigenvalue weighted by atomic mass is 16.5. The van der Waals surface area contributed by atoms with E-state index in [0.29, 0.717) is 6.54 Å². The summed E-state index contributed by atoms with van der Waals surface area (Å²) in [6.07, 6.45) is 2.19. The summed E-state index contributed by atoms with van der Waals surface area (Å²) in [5.41, 5.74) is 14.0. The fraction of sp³-hybridized carbons (Fsp3) is 0.429. The first-order valence-electron chi connectivity index (χ1n) is 19.1. The molecule has 0 aromatic heterocycles. The summed E-state index contributed by atoms with van der Waals surface area (Å²) in [6.45, 7) is 6.87. The first-order valence-corrected chi connectivity index (χ1v) is 19.1. The standard InChI is InChI=1S/C42H55N7O7/c1-27(2)38(42(55)47-34(26-36(43)50)41(54)45-28(3)40(53)46-33(39(44)52)25-30-14-8-5-9-15-30)48-37(51)20-23-49-21-18-32(19-22-49)56-35-17-11-10-16-31(35)24-29-12-6-4-7-13-29/h4-17,27-28,32-34,38H,18-26H2,1-3H3,(H2,43,50)(H2,44,52)(H,45,54)(H,46,53)(H,47,55)(H,48,51)/t28-,33+,34-,38-/m0/s1. The van der Waals surface area contributed by atoms with Crippen LogP contribution in [0.15, 0.2) is 84.9 Å². The number of amides is 6. The third-order valence-corrected chi connectivity index (χ3v) is 9.69. The number of benzene rings is 3. The number of hydrogen-bond acceptors (Lipinski definition) is 8. The van der Waals surface area contributed by atoms with Gasteiger partial charge in [0.25, 0.3) is 0 Å². The highest BCUT2D eigenvalue weighted by Crippen LogP contribution is 2.25.